The second-order valence-corrected chi connectivity index (χ2v) is 5.63. The molecule has 1 aliphatic rings. The Labute approximate surface area is 102 Å². The van der Waals surface area contributed by atoms with Crippen molar-refractivity contribution < 1.29 is 0 Å². The molecule has 3 nitrogen and oxygen atoms in total. The summed E-state index contributed by atoms with van der Waals surface area (Å²) < 4.78 is 0. The van der Waals surface area contributed by atoms with E-state index in [0.717, 1.165) is 18.2 Å². The number of rotatable bonds is 3. The first-order valence-corrected chi connectivity index (χ1v) is 6.97. The van der Waals surface area contributed by atoms with Gasteiger partial charge in [-0.3, -0.25) is 0 Å². The molecule has 2 heterocycles. The summed E-state index contributed by atoms with van der Waals surface area (Å²) in [7, 11) is 0. The van der Waals surface area contributed by atoms with Crippen molar-refractivity contribution in [3.63, 3.8) is 0 Å². The van der Waals surface area contributed by atoms with E-state index in [9.17, 15) is 0 Å². The van der Waals surface area contributed by atoms with Gasteiger partial charge >= 0.3 is 0 Å². The van der Waals surface area contributed by atoms with Gasteiger partial charge in [0.25, 0.3) is 0 Å². The first-order valence-electron chi connectivity index (χ1n) is 6.16. The summed E-state index contributed by atoms with van der Waals surface area (Å²) >= 11 is 1.77. The third-order valence-electron chi connectivity index (χ3n) is 3.43. The van der Waals surface area contributed by atoms with Crippen LogP contribution in [0, 0.1) is 12.8 Å². The predicted octanol–water partition coefficient (Wildman–Crippen LogP) is 2.54. The molecular formula is C12H21N3S. The molecule has 0 aromatic carbocycles. The average molecular weight is 239 g/mol. The average Bonchev–Trinajstić information content (AvgIpc) is 2.71. The van der Waals surface area contributed by atoms with Crippen LogP contribution < -0.4 is 10.6 Å². The third-order valence-corrected chi connectivity index (χ3v) is 4.67. The van der Waals surface area contributed by atoms with Crippen LogP contribution in [0.15, 0.2) is 0 Å². The number of nitrogens with zero attached hydrogens (tertiary/aromatic N) is 2. The van der Waals surface area contributed by atoms with Crippen LogP contribution in [0.25, 0.3) is 0 Å². The zero-order valence-electron chi connectivity index (χ0n) is 10.2. The first kappa shape index (κ1) is 11.9. The Balaban J connectivity index is 2.10. The molecule has 1 unspecified atom stereocenters. The SMILES string of the molecule is CCC1CCCN(c2nc(C)c(CN)s2)C1. The molecule has 0 amide bonds. The van der Waals surface area contributed by atoms with Gasteiger partial charge in [-0.25, -0.2) is 4.98 Å². The Kier molecular flexibility index (Phi) is 3.82. The van der Waals surface area contributed by atoms with E-state index in [1.807, 2.05) is 0 Å². The third kappa shape index (κ3) is 2.38. The Hall–Kier alpha value is -0.610. The van der Waals surface area contributed by atoms with Crippen LogP contribution in [-0.2, 0) is 6.54 Å². The van der Waals surface area contributed by atoms with Crippen molar-refractivity contribution >= 4 is 16.5 Å². The van der Waals surface area contributed by atoms with Crippen LogP contribution in [-0.4, -0.2) is 18.1 Å². The van der Waals surface area contributed by atoms with Gasteiger partial charge in [-0.1, -0.05) is 13.3 Å². The molecule has 0 saturated carbocycles. The summed E-state index contributed by atoms with van der Waals surface area (Å²) in [5, 5.41) is 1.18. The lowest BCUT2D eigenvalue weighted by Gasteiger charge is -2.31. The van der Waals surface area contributed by atoms with Gasteiger partial charge in [-0.2, -0.15) is 0 Å². The van der Waals surface area contributed by atoms with Gasteiger partial charge in [0.05, 0.1) is 5.69 Å². The molecule has 1 aromatic heterocycles. The van der Waals surface area contributed by atoms with Gasteiger partial charge in [0.2, 0.25) is 0 Å². The minimum Gasteiger partial charge on any atom is -0.348 e. The first-order chi connectivity index (χ1) is 7.74. The molecule has 1 atom stereocenters. The summed E-state index contributed by atoms with van der Waals surface area (Å²) in [4.78, 5) is 8.31. The molecule has 0 spiro atoms. The summed E-state index contributed by atoms with van der Waals surface area (Å²) in [6.45, 7) is 7.30. The maximum absolute atomic E-state index is 5.70. The van der Waals surface area contributed by atoms with Crippen LogP contribution in [0.4, 0.5) is 5.13 Å². The summed E-state index contributed by atoms with van der Waals surface area (Å²) in [5.74, 6) is 0.847. The van der Waals surface area contributed by atoms with Crippen molar-refractivity contribution in [3.05, 3.63) is 10.6 Å². The van der Waals surface area contributed by atoms with Crippen molar-refractivity contribution in [1.29, 1.82) is 0 Å². The second-order valence-electron chi connectivity index (χ2n) is 4.57. The Morgan fingerprint density at radius 1 is 1.56 bits per heavy atom. The summed E-state index contributed by atoms with van der Waals surface area (Å²) in [6.07, 6.45) is 3.96. The fourth-order valence-corrected chi connectivity index (χ4v) is 3.28. The molecule has 2 N–H and O–H groups in total. The normalized spacial score (nSPS) is 21.4. The Morgan fingerprint density at radius 2 is 2.38 bits per heavy atom. The molecule has 4 heteroatoms. The number of hydrogen-bond donors (Lipinski definition) is 1. The zero-order valence-corrected chi connectivity index (χ0v) is 11.0. The van der Waals surface area contributed by atoms with Crippen molar-refractivity contribution in [2.45, 2.75) is 39.7 Å². The molecule has 0 radical (unpaired) electrons. The highest BCUT2D eigenvalue weighted by Gasteiger charge is 2.21. The monoisotopic (exact) mass is 239 g/mol. The molecule has 90 valence electrons. The number of aromatic nitrogens is 1. The van der Waals surface area contributed by atoms with E-state index in [1.54, 1.807) is 11.3 Å². The van der Waals surface area contributed by atoms with E-state index >= 15 is 0 Å². The van der Waals surface area contributed by atoms with Gasteiger partial charge < -0.3 is 10.6 Å². The second kappa shape index (κ2) is 5.15. The van der Waals surface area contributed by atoms with Gasteiger partial charge in [0.15, 0.2) is 5.13 Å². The molecule has 2 rings (SSSR count). The molecule has 1 aliphatic heterocycles. The van der Waals surface area contributed by atoms with E-state index in [2.05, 4.69) is 23.7 Å². The number of hydrogen-bond acceptors (Lipinski definition) is 4. The molecule has 0 bridgehead atoms. The van der Waals surface area contributed by atoms with Gasteiger partial charge in [-0.05, 0) is 25.7 Å². The van der Waals surface area contributed by atoms with Crippen LogP contribution in [0.1, 0.15) is 36.8 Å². The van der Waals surface area contributed by atoms with Crippen LogP contribution in [0.3, 0.4) is 0 Å². The fourth-order valence-electron chi connectivity index (χ4n) is 2.31. The van der Waals surface area contributed by atoms with Crippen molar-refractivity contribution in [3.8, 4) is 0 Å². The minimum absolute atomic E-state index is 0.620. The largest absolute Gasteiger partial charge is 0.348 e. The van der Waals surface area contributed by atoms with Gasteiger partial charge in [0.1, 0.15) is 0 Å². The van der Waals surface area contributed by atoms with E-state index in [1.165, 1.54) is 35.8 Å². The topological polar surface area (TPSA) is 42.2 Å². The van der Waals surface area contributed by atoms with Gasteiger partial charge in [0, 0.05) is 24.5 Å². The van der Waals surface area contributed by atoms with E-state index in [4.69, 9.17) is 5.73 Å². The van der Waals surface area contributed by atoms with Crippen LogP contribution in [0.2, 0.25) is 0 Å². The highest BCUT2D eigenvalue weighted by atomic mass is 32.1. The highest BCUT2D eigenvalue weighted by Crippen LogP contribution is 2.30. The minimum atomic E-state index is 0.620. The molecule has 1 fully saturated rings. The number of nitrogens with two attached hydrogens (primary N) is 1. The molecule has 16 heavy (non-hydrogen) atoms. The fraction of sp³-hybridized carbons (Fsp3) is 0.750. The van der Waals surface area contributed by atoms with Crippen LogP contribution >= 0.6 is 11.3 Å². The molecule has 0 aliphatic carbocycles. The Bertz CT molecular complexity index is 348. The summed E-state index contributed by atoms with van der Waals surface area (Å²) in [6, 6.07) is 0. The van der Waals surface area contributed by atoms with E-state index < -0.39 is 0 Å². The lowest BCUT2D eigenvalue weighted by molar-refractivity contribution is 0.404. The smallest absolute Gasteiger partial charge is 0.185 e. The predicted molar refractivity (Wildman–Crippen MR) is 70.0 cm³/mol. The quantitative estimate of drug-likeness (QED) is 0.881. The maximum Gasteiger partial charge on any atom is 0.185 e. The summed E-state index contributed by atoms with van der Waals surface area (Å²) in [5.41, 5.74) is 6.81. The van der Waals surface area contributed by atoms with Gasteiger partial charge in [-0.15, -0.1) is 11.3 Å². The van der Waals surface area contributed by atoms with Crippen molar-refractivity contribution in [1.82, 2.24) is 4.98 Å². The number of anilines is 1. The van der Waals surface area contributed by atoms with E-state index in [0.29, 0.717) is 6.54 Å². The van der Waals surface area contributed by atoms with E-state index in [-0.39, 0.29) is 0 Å². The molecular weight excluding hydrogens is 218 g/mol. The van der Waals surface area contributed by atoms with Crippen molar-refractivity contribution in [2.24, 2.45) is 11.7 Å². The lowest BCUT2D eigenvalue weighted by atomic mass is 9.96. The number of aryl methyl sites for hydroxylation is 1. The molecule has 1 saturated heterocycles. The Morgan fingerprint density at radius 3 is 3.00 bits per heavy atom. The maximum atomic E-state index is 5.70. The van der Waals surface area contributed by atoms with Crippen molar-refractivity contribution in [2.75, 3.05) is 18.0 Å². The standard InChI is InChI=1S/C12H21N3S/c1-3-10-5-4-6-15(8-10)12-14-9(2)11(7-13)16-12/h10H,3-8,13H2,1-2H3. The number of thiazole rings is 1. The lowest BCUT2D eigenvalue weighted by Crippen LogP contribution is -2.35. The highest BCUT2D eigenvalue weighted by molar-refractivity contribution is 7.15. The number of piperidine rings is 1. The van der Waals surface area contributed by atoms with Crippen LogP contribution in [0.5, 0.6) is 0 Å². The molecule has 1 aromatic rings. The zero-order chi connectivity index (χ0) is 11.5.